The average molecular weight is 324 g/mol. The lowest BCUT2D eigenvalue weighted by Gasteiger charge is -2.17. The van der Waals surface area contributed by atoms with Crippen molar-refractivity contribution < 1.29 is 9.53 Å². The molecule has 124 valence electrons. The molecule has 1 saturated carbocycles. The number of benzene rings is 1. The molecule has 1 amide bonds. The molecule has 4 rings (SSSR count). The molecule has 2 aliphatic rings. The molecule has 2 aromatic rings. The Kier molecular flexibility index (Phi) is 3.80. The predicted octanol–water partition coefficient (Wildman–Crippen LogP) is 3.48. The highest BCUT2D eigenvalue weighted by molar-refractivity contribution is 5.89. The Labute approximate surface area is 140 Å². The van der Waals surface area contributed by atoms with E-state index in [2.05, 4.69) is 22.2 Å². The minimum Gasteiger partial charge on any atom is -0.447 e. The molecular weight excluding hydrogens is 304 g/mol. The highest BCUT2D eigenvalue weighted by atomic mass is 16.6. The SMILES string of the molecule is C[C@H](Nc1ccnc(C2CC2)n1)c1ccc(N2CCOC2=O)cc1. The van der Waals surface area contributed by atoms with Gasteiger partial charge in [-0.15, -0.1) is 0 Å². The summed E-state index contributed by atoms with van der Waals surface area (Å²) in [5.74, 6) is 2.34. The number of nitrogens with zero attached hydrogens (tertiary/aromatic N) is 3. The fourth-order valence-corrected chi connectivity index (χ4v) is 2.87. The summed E-state index contributed by atoms with van der Waals surface area (Å²) in [6, 6.07) is 9.98. The number of hydrogen-bond donors (Lipinski definition) is 1. The number of carbonyl (C=O) groups is 1. The van der Waals surface area contributed by atoms with Gasteiger partial charge < -0.3 is 10.1 Å². The summed E-state index contributed by atoms with van der Waals surface area (Å²) in [5, 5.41) is 3.42. The highest BCUT2D eigenvalue weighted by Crippen LogP contribution is 2.38. The van der Waals surface area contributed by atoms with Crippen molar-refractivity contribution in [3.63, 3.8) is 0 Å². The van der Waals surface area contributed by atoms with E-state index in [-0.39, 0.29) is 12.1 Å². The van der Waals surface area contributed by atoms with E-state index in [0.717, 1.165) is 22.9 Å². The average Bonchev–Trinajstić information content (AvgIpc) is 3.37. The van der Waals surface area contributed by atoms with Crippen LogP contribution in [0.2, 0.25) is 0 Å². The first kappa shape index (κ1) is 14.9. The van der Waals surface area contributed by atoms with Crippen LogP contribution < -0.4 is 10.2 Å². The smallest absolute Gasteiger partial charge is 0.414 e. The third-order valence-electron chi connectivity index (χ3n) is 4.45. The largest absolute Gasteiger partial charge is 0.447 e. The third kappa shape index (κ3) is 3.04. The normalized spacial score (nSPS) is 18.4. The Bertz CT molecular complexity index is 743. The van der Waals surface area contributed by atoms with Gasteiger partial charge in [-0.3, -0.25) is 4.90 Å². The van der Waals surface area contributed by atoms with E-state index >= 15 is 0 Å². The second-order valence-corrected chi connectivity index (χ2v) is 6.30. The summed E-state index contributed by atoms with van der Waals surface area (Å²) >= 11 is 0. The Hall–Kier alpha value is -2.63. The molecular formula is C18H20N4O2. The zero-order chi connectivity index (χ0) is 16.5. The van der Waals surface area contributed by atoms with Gasteiger partial charge in [-0.1, -0.05) is 12.1 Å². The van der Waals surface area contributed by atoms with Crippen LogP contribution >= 0.6 is 0 Å². The maximum absolute atomic E-state index is 11.6. The van der Waals surface area contributed by atoms with Crippen LogP contribution in [0.4, 0.5) is 16.3 Å². The molecule has 0 spiro atoms. The van der Waals surface area contributed by atoms with Crippen molar-refractivity contribution in [1.29, 1.82) is 0 Å². The second kappa shape index (κ2) is 6.11. The lowest BCUT2D eigenvalue weighted by Crippen LogP contribution is -2.23. The van der Waals surface area contributed by atoms with Gasteiger partial charge >= 0.3 is 6.09 Å². The van der Waals surface area contributed by atoms with Gasteiger partial charge in [0.1, 0.15) is 18.2 Å². The van der Waals surface area contributed by atoms with E-state index in [1.165, 1.54) is 12.8 Å². The molecule has 1 aromatic heterocycles. The van der Waals surface area contributed by atoms with Crippen molar-refractivity contribution in [2.75, 3.05) is 23.4 Å². The summed E-state index contributed by atoms with van der Waals surface area (Å²) in [6.07, 6.45) is 3.93. The summed E-state index contributed by atoms with van der Waals surface area (Å²) in [7, 11) is 0. The quantitative estimate of drug-likeness (QED) is 0.912. The molecule has 24 heavy (non-hydrogen) atoms. The number of carbonyl (C=O) groups excluding carboxylic acids is 1. The number of nitrogens with one attached hydrogen (secondary N) is 1. The van der Waals surface area contributed by atoms with E-state index < -0.39 is 0 Å². The van der Waals surface area contributed by atoms with Gasteiger partial charge in [0.15, 0.2) is 0 Å². The number of cyclic esters (lactones) is 1. The van der Waals surface area contributed by atoms with Gasteiger partial charge in [-0.25, -0.2) is 14.8 Å². The Balaban J connectivity index is 1.45. The number of hydrogen-bond acceptors (Lipinski definition) is 5. The first-order valence-corrected chi connectivity index (χ1v) is 8.34. The highest BCUT2D eigenvalue weighted by Gasteiger charge is 2.26. The molecule has 2 heterocycles. The summed E-state index contributed by atoms with van der Waals surface area (Å²) in [5.41, 5.74) is 2.00. The van der Waals surface area contributed by atoms with Crippen molar-refractivity contribution in [1.82, 2.24) is 9.97 Å². The molecule has 6 nitrogen and oxygen atoms in total. The Morgan fingerprint density at radius 2 is 2.04 bits per heavy atom. The van der Waals surface area contributed by atoms with Crippen molar-refractivity contribution in [3.05, 3.63) is 47.9 Å². The molecule has 0 bridgehead atoms. The minimum absolute atomic E-state index is 0.117. The molecule has 2 fully saturated rings. The second-order valence-electron chi connectivity index (χ2n) is 6.30. The fraction of sp³-hybridized carbons (Fsp3) is 0.389. The number of anilines is 2. The molecule has 1 N–H and O–H groups in total. The molecule has 1 aliphatic heterocycles. The topological polar surface area (TPSA) is 67.3 Å². The van der Waals surface area contributed by atoms with Gasteiger partial charge in [0.25, 0.3) is 0 Å². The summed E-state index contributed by atoms with van der Waals surface area (Å²) in [6.45, 7) is 3.16. The zero-order valence-corrected chi connectivity index (χ0v) is 13.6. The third-order valence-corrected chi connectivity index (χ3v) is 4.45. The molecule has 1 atom stereocenters. The standard InChI is InChI=1S/C18H20N4O2/c1-12(20-16-8-9-19-17(21-16)14-2-3-14)13-4-6-15(7-5-13)22-10-11-24-18(22)23/h4-9,12,14H,2-3,10-11H2,1H3,(H,19,20,21)/t12-/m0/s1. The lowest BCUT2D eigenvalue weighted by molar-refractivity contribution is 0.181. The molecule has 1 saturated heterocycles. The van der Waals surface area contributed by atoms with Crippen molar-refractivity contribution in [2.24, 2.45) is 0 Å². The predicted molar refractivity (Wildman–Crippen MR) is 91.2 cm³/mol. The van der Waals surface area contributed by atoms with E-state index in [0.29, 0.717) is 19.1 Å². The number of amides is 1. The number of rotatable bonds is 5. The van der Waals surface area contributed by atoms with Crippen LogP contribution in [0.5, 0.6) is 0 Å². The first-order valence-electron chi connectivity index (χ1n) is 8.34. The van der Waals surface area contributed by atoms with Gasteiger partial charge in [0, 0.05) is 23.8 Å². The number of aromatic nitrogens is 2. The van der Waals surface area contributed by atoms with Crippen LogP contribution in [0.25, 0.3) is 0 Å². The Morgan fingerprint density at radius 3 is 2.71 bits per heavy atom. The first-order chi connectivity index (χ1) is 11.7. The molecule has 1 aromatic carbocycles. The van der Waals surface area contributed by atoms with Crippen LogP contribution in [-0.4, -0.2) is 29.2 Å². The summed E-state index contributed by atoms with van der Waals surface area (Å²) in [4.78, 5) is 22.2. The van der Waals surface area contributed by atoms with Gasteiger partial charge in [0.2, 0.25) is 0 Å². The van der Waals surface area contributed by atoms with Crippen LogP contribution in [-0.2, 0) is 4.74 Å². The summed E-state index contributed by atoms with van der Waals surface area (Å²) < 4.78 is 4.97. The zero-order valence-electron chi connectivity index (χ0n) is 13.6. The van der Waals surface area contributed by atoms with Crippen molar-refractivity contribution >= 4 is 17.6 Å². The lowest BCUT2D eigenvalue weighted by atomic mass is 10.1. The maximum atomic E-state index is 11.6. The van der Waals surface area contributed by atoms with Crippen molar-refractivity contribution in [3.8, 4) is 0 Å². The molecule has 0 radical (unpaired) electrons. The van der Waals surface area contributed by atoms with Crippen molar-refractivity contribution in [2.45, 2.75) is 31.7 Å². The van der Waals surface area contributed by atoms with E-state index in [9.17, 15) is 4.79 Å². The van der Waals surface area contributed by atoms with Crippen LogP contribution in [0, 0.1) is 0 Å². The van der Waals surface area contributed by atoms with Gasteiger partial charge in [0.05, 0.1) is 6.54 Å². The molecule has 1 aliphatic carbocycles. The van der Waals surface area contributed by atoms with Crippen LogP contribution in [0.1, 0.15) is 43.1 Å². The fourth-order valence-electron chi connectivity index (χ4n) is 2.87. The minimum atomic E-state index is -0.275. The van der Waals surface area contributed by atoms with Gasteiger partial charge in [-0.2, -0.15) is 0 Å². The molecule has 6 heteroatoms. The van der Waals surface area contributed by atoms with Crippen LogP contribution in [0.15, 0.2) is 36.5 Å². The Morgan fingerprint density at radius 1 is 1.25 bits per heavy atom. The number of ether oxygens (including phenoxy) is 1. The van der Waals surface area contributed by atoms with E-state index in [4.69, 9.17) is 4.74 Å². The van der Waals surface area contributed by atoms with E-state index in [1.54, 1.807) is 4.90 Å². The monoisotopic (exact) mass is 324 g/mol. The van der Waals surface area contributed by atoms with Gasteiger partial charge in [-0.05, 0) is 43.5 Å². The molecule has 0 unspecified atom stereocenters. The maximum Gasteiger partial charge on any atom is 0.414 e. The van der Waals surface area contributed by atoms with E-state index in [1.807, 2.05) is 36.5 Å². The van der Waals surface area contributed by atoms with Crippen LogP contribution in [0.3, 0.4) is 0 Å².